The molecule has 0 fully saturated rings. The van der Waals surface area contributed by atoms with Gasteiger partial charge >= 0.3 is 11.9 Å². The average molecular weight is 754 g/mol. The highest BCUT2D eigenvalue weighted by molar-refractivity contribution is 5.69. The molecule has 0 aliphatic rings. The topological polar surface area (TPSA) is 96.3 Å². The van der Waals surface area contributed by atoms with Crippen LogP contribution in [0.2, 0.25) is 0 Å². The maximum Gasteiger partial charge on any atom is 0.306 e. The summed E-state index contributed by atoms with van der Waals surface area (Å²) in [5.74, 6) is -0.0903. The highest BCUT2D eigenvalue weighted by Crippen LogP contribution is 2.19. The lowest BCUT2D eigenvalue weighted by Gasteiger charge is -2.25. The lowest BCUT2D eigenvalue weighted by atomic mass is 10.0. The van der Waals surface area contributed by atoms with Gasteiger partial charge in [0.1, 0.15) is 6.10 Å². The molecule has 0 aliphatic heterocycles. The first-order chi connectivity index (χ1) is 26.0. The average Bonchev–Trinajstić information content (AvgIpc) is 3.14. The van der Waals surface area contributed by atoms with E-state index >= 15 is 0 Å². The van der Waals surface area contributed by atoms with Crippen molar-refractivity contribution in [3.05, 3.63) is 0 Å². The number of hydrogen-bond donors (Lipinski definition) is 2. The van der Waals surface area contributed by atoms with Crippen molar-refractivity contribution < 1.29 is 29.3 Å². The second-order valence-corrected chi connectivity index (χ2v) is 16.1. The van der Waals surface area contributed by atoms with Crippen LogP contribution in [0, 0.1) is 0 Å². The number of rotatable bonds is 43. The number of unbranched alkanes of at least 4 members (excludes halogenated alkanes) is 23. The first kappa shape index (κ1) is 51.8. The van der Waals surface area contributed by atoms with Crippen molar-refractivity contribution in [1.29, 1.82) is 0 Å². The van der Waals surface area contributed by atoms with Crippen LogP contribution in [-0.4, -0.2) is 72.1 Å². The lowest BCUT2D eigenvalue weighted by molar-refractivity contribution is -0.150. The number of carbonyl (C=O) groups excluding carboxylic acids is 2. The fraction of sp³-hybridized carbons (Fsp3) is 0.957. The summed E-state index contributed by atoms with van der Waals surface area (Å²) < 4.78 is 11.4. The molecular weight excluding hydrogens is 663 g/mol. The first-order valence-electron chi connectivity index (χ1n) is 23.3. The van der Waals surface area contributed by atoms with E-state index in [9.17, 15) is 19.8 Å². The molecule has 1 atom stereocenters. The molecule has 0 heterocycles. The van der Waals surface area contributed by atoms with Crippen LogP contribution < -0.4 is 0 Å². The standard InChI is InChI=1S/C46H91NO6/c1-4-7-10-13-16-22-32-41-52-45(50)36-28-23-24-33-43(49)42-47(39-30-31-40-48)38-29-21-17-20-27-37-46(51)53-44(34-25-18-14-11-8-5-2)35-26-19-15-12-9-6-3/h43-44,48-49H,4-42H2,1-3H3. The summed E-state index contributed by atoms with van der Waals surface area (Å²) in [6.07, 6.45) is 37.0. The molecule has 0 amide bonds. The maximum atomic E-state index is 12.7. The van der Waals surface area contributed by atoms with Crippen LogP contribution in [0.25, 0.3) is 0 Å². The van der Waals surface area contributed by atoms with Gasteiger partial charge in [-0.15, -0.1) is 0 Å². The molecule has 0 saturated carbocycles. The monoisotopic (exact) mass is 754 g/mol. The van der Waals surface area contributed by atoms with Crippen molar-refractivity contribution in [2.45, 2.75) is 251 Å². The number of hydrogen-bond acceptors (Lipinski definition) is 7. The Morgan fingerprint density at radius 2 is 0.906 bits per heavy atom. The summed E-state index contributed by atoms with van der Waals surface area (Å²) in [4.78, 5) is 27.1. The molecule has 7 nitrogen and oxygen atoms in total. The first-order valence-corrected chi connectivity index (χ1v) is 23.3. The number of carbonyl (C=O) groups is 2. The van der Waals surface area contributed by atoms with Gasteiger partial charge in [-0.05, 0) is 83.7 Å². The van der Waals surface area contributed by atoms with Gasteiger partial charge in [0.05, 0.1) is 12.7 Å². The van der Waals surface area contributed by atoms with Crippen LogP contribution in [0.3, 0.4) is 0 Å². The molecule has 0 aromatic carbocycles. The third-order valence-corrected chi connectivity index (χ3v) is 10.7. The van der Waals surface area contributed by atoms with Crippen LogP contribution in [0.5, 0.6) is 0 Å². The van der Waals surface area contributed by atoms with Crippen LogP contribution in [0.4, 0.5) is 0 Å². The van der Waals surface area contributed by atoms with Crippen LogP contribution in [0.1, 0.15) is 239 Å². The number of aliphatic hydroxyl groups is 2. The Bertz CT molecular complexity index is 748. The summed E-state index contributed by atoms with van der Waals surface area (Å²) in [5.41, 5.74) is 0. The van der Waals surface area contributed by atoms with E-state index in [0.717, 1.165) is 109 Å². The Hall–Kier alpha value is -1.18. The van der Waals surface area contributed by atoms with E-state index < -0.39 is 0 Å². The summed E-state index contributed by atoms with van der Waals surface area (Å²) >= 11 is 0. The molecule has 0 radical (unpaired) electrons. The van der Waals surface area contributed by atoms with Crippen molar-refractivity contribution in [1.82, 2.24) is 4.90 Å². The van der Waals surface area contributed by atoms with Gasteiger partial charge < -0.3 is 24.6 Å². The number of aliphatic hydroxyl groups excluding tert-OH is 2. The molecule has 0 spiro atoms. The third-order valence-electron chi connectivity index (χ3n) is 10.7. The van der Waals surface area contributed by atoms with E-state index in [-0.39, 0.29) is 30.8 Å². The fourth-order valence-electron chi connectivity index (χ4n) is 7.22. The molecule has 0 bridgehead atoms. The Morgan fingerprint density at radius 3 is 1.45 bits per heavy atom. The van der Waals surface area contributed by atoms with Gasteiger partial charge in [0.25, 0.3) is 0 Å². The minimum absolute atomic E-state index is 0.00486. The van der Waals surface area contributed by atoms with Gasteiger partial charge in [-0.2, -0.15) is 0 Å². The zero-order chi connectivity index (χ0) is 38.9. The summed E-state index contributed by atoms with van der Waals surface area (Å²) in [6.45, 7) is 10.0. The molecule has 0 aromatic heterocycles. The quantitative estimate of drug-likeness (QED) is 0.0473. The van der Waals surface area contributed by atoms with Crippen molar-refractivity contribution in [3.63, 3.8) is 0 Å². The van der Waals surface area contributed by atoms with Gasteiger partial charge in [-0.3, -0.25) is 9.59 Å². The van der Waals surface area contributed by atoms with E-state index in [4.69, 9.17) is 9.47 Å². The predicted molar refractivity (Wildman–Crippen MR) is 224 cm³/mol. The Kier molecular flexibility index (Phi) is 41.0. The molecule has 1 unspecified atom stereocenters. The highest BCUT2D eigenvalue weighted by atomic mass is 16.5. The largest absolute Gasteiger partial charge is 0.466 e. The van der Waals surface area contributed by atoms with Crippen molar-refractivity contribution in [3.8, 4) is 0 Å². The molecule has 0 saturated heterocycles. The highest BCUT2D eigenvalue weighted by Gasteiger charge is 2.15. The summed E-state index contributed by atoms with van der Waals surface area (Å²) in [6, 6.07) is 0. The van der Waals surface area contributed by atoms with Gasteiger partial charge in [-0.1, -0.05) is 156 Å². The van der Waals surface area contributed by atoms with E-state index in [1.54, 1.807) is 0 Å². The molecule has 0 rings (SSSR count). The molecule has 53 heavy (non-hydrogen) atoms. The molecule has 0 aliphatic carbocycles. The molecule has 2 N–H and O–H groups in total. The second-order valence-electron chi connectivity index (χ2n) is 16.1. The fourth-order valence-corrected chi connectivity index (χ4v) is 7.22. The predicted octanol–water partition coefficient (Wildman–Crippen LogP) is 12.4. The minimum atomic E-state index is -0.370. The van der Waals surface area contributed by atoms with E-state index in [0.29, 0.717) is 26.0 Å². The molecular formula is C46H91NO6. The van der Waals surface area contributed by atoms with Gasteiger partial charge in [0, 0.05) is 26.0 Å². The van der Waals surface area contributed by atoms with Crippen molar-refractivity contribution in [2.75, 3.05) is 32.8 Å². The molecule has 0 aromatic rings. The zero-order valence-corrected chi connectivity index (χ0v) is 35.7. The zero-order valence-electron chi connectivity index (χ0n) is 35.7. The third kappa shape index (κ3) is 38.9. The number of ether oxygens (including phenoxy) is 2. The Balaban J connectivity index is 4.21. The minimum Gasteiger partial charge on any atom is -0.466 e. The van der Waals surface area contributed by atoms with E-state index in [2.05, 4.69) is 25.7 Å². The van der Waals surface area contributed by atoms with Crippen molar-refractivity contribution in [2.24, 2.45) is 0 Å². The van der Waals surface area contributed by atoms with Gasteiger partial charge in [0.2, 0.25) is 0 Å². The second kappa shape index (κ2) is 42.0. The Morgan fingerprint density at radius 1 is 0.491 bits per heavy atom. The Labute approximate surface area is 329 Å². The lowest BCUT2D eigenvalue weighted by Crippen LogP contribution is -2.34. The van der Waals surface area contributed by atoms with E-state index in [1.165, 1.54) is 109 Å². The van der Waals surface area contributed by atoms with Crippen LogP contribution in [-0.2, 0) is 19.1 Å². The number of nitrogens with zero attached hydrogens (tertiary/aromatic N) is 1. The summed E-state index contributed by atoms with van der Waals surface area (Å²) in [5, 5.41) is 20.0. The van der Waals surface area contributed by atoms with E-state index in [1.807, 2.05) is 0 Å². The van der Waals surface area contributed by atoms with Crippen molar-refractivity contribution >= 4 is 11.9 Å². The van der Waals surface area contributed by atoms with Gasteiger partial charge in [-0.25, -0.2) is 0 Å². The smallest absolute Gasteiger partial charge is 0.306 e. The SMILES string of the molecule is CCCCCCCCCOC(=O)CCCCCC(O)CN(CCCCO)CCCCCCCC(=O)OC(CCCCCCCC)CCCCCCCC. The van der Waals surface area contributed by atoms with Crippen LogP contribution in [0.15, 0.2) is 0 Å². The van der Waals surface area contributed by atoms with Gasteiger partial charge in [0.15, 0.2) is 0 Å². The normalized spacial score (nSPS) is 12.2. The number of esters is 2. The maximum absolute atomic E-state index is 12.7. The van der Waals surface area contributed by atoms with Crippen LogP contribution >= 0.6 is 0 Å². The molecule has 316 valence electrons. The summed E-state index contributed by atoms with van der Waals surface area (Å²) in [7, 11) is 0. The molecule has 7 heteroatoms.